The number of fused-ring (bicyclic) bond motifs is 1. The zero-order valence-corrected chi connectivity index (χ0v) is 5.96. The average Bonchev–Trinajstić information content (AvgIpc) is 2.34. The van der Waals surface area contributed by atoms with Crippen LogP contribution in [0.25, 0.3) is 0 Å². The van der Waals surface area contributed by atoms with Crippen LogP contribution in [0.15, 0.2) is 20.0 Å². The lowest BCUT2D eigenvalue weighted by Crippen LogP contribution is -2.36. The van der Waals surface area contributed by atoms with Crippen LogP contribution in [0.1, 0.15) is 0 Å². The molecule has 0 radical (unpaired) electrons. The van der Waals surface area contributed by atoms with Crippen LogP contribution in [0.2, 0.25) is 0 Å². The van der Waals surface area contributed by atoms with E-state index in [1.165, 1.54) is 0 Å². The second-order valence-electron chi connectivity index (χ2n) is 1.98. The maximum atomic E-state index is 13.4. The van der Waals surface area contributed by atoms with Gasteiger partial charge < -0.3 is 0 Å². The van der Waals surface area contributed by atoms with Gasteiger partial charge in [0.15, 0.2) is 11.0 Å². The quantitative estimate of drug-likeness (QED) is 0.485. The summed E-state index contributed by atoms with van der Waals surface area (Å²) < 4.78 is 13.4. The first-order valence-corrected chi connectivity index (χ1v) is 3.18. The highest BCUT2D eigenvalue weighted by Gasteiger charge is 2.44. The van der Waals surface area contributed by atoms with E-state index in [-0.39, 0.29) is 11.0 Å². The minimum atomic E-state index is -2.11. The summed E-state index contributed by atoms with van der Waals surface area (Å²) in [6, 6.07) is 0. The number of aliphatic imine (C=N–C) groups is 4. The zero-order chi connectivity index (χ0) is 7.90. The molecule has 11 heavy (non-hydrogen) atoms. The minimum absolute atomic E-state index is 0.0579. The fourth-order valence-corrected chi connectivity index (χ4v) is 0.968. The molecule has 56 valence electrons. The molecule has 0 amide bonds. The predicted molar refractivity (Wildman–Crippen MR) is 41.5 cm³/mol. The van der Waals surface area contributed by atoms with Gasteiger partial charge in [0.1, 0.15) is 12.7 Å². The van der Waals surface area contributed by atoms with E-state index >= 15 is 0 Å². The second kappa shape index (κ2) is 1.94. The van der Waals surface area contributed by atoms with Crippen LogP contribution in [0.3, 0.4) is 0 Å². The fraction of sp³-hybridized carbons (Fsp3) is 0.200. The number of rotatable bonds is 0. The number of alkyl halides is 1. The number of amidine groups is 1. The van der Waals surface area contributed by atoms with Crippen molar-refractivity contribution in [2.75, 3.05) is 0 Å². The number of hydrogen-bond donors (Lipinski definition) is 0. The Kier molecular flexibility index (Phi) is 1.17. The Morgan fingerprint density at radius 2 is 2.18 bits per heavy atom. The van der Waals surface area contributed by atoms with E-state index in [9.17, 15) is 4.39 Å². The lowest BCUT2D eigenvalue weighted by molar-refractivity contribution is 0.372. The van der Waals surface area contributed by atoms with Crippen molar-refractivity contribution in [2.45, 2.75) is 5.79 Å². The molecule has 1 unspecified atom stereocenters. The van der Waals surface area contributed by atoms with Crippen LogP contribution < -0.4 is 0 Å². The molecule has 2 heterocycles. The minimum Gasteiger partial charge on any atom is -0.223 e. The molecule has 0 bridgehead atoms. The summed E-state index contributed by atoms with van der Waals surface area (Å²) in [5.74, 6) is -2.17. The van der Waals surface area contributed by atoms with Gasteiger partial charge in [0.05, 0.1) is 0 Å². The molecule has 0 saturated carbocycles. The molecule has 0 spiro atoms. The van der Waals surface area contributed by atoms with Gasteiger partial charge in [-0.15, -0.1) is 0 Å². The normalized spacial score (nSPS) is 33.3. The molecule has 4 nitrogen and oxygen atoms in total. The van der Waals surface area contributed by atoms with Gasteiger partial charge in [-0.05, 0) is 0 Å². The van der Waals surface area contributed by atoms with E-state index in [4.69, 9.17) is 11.6 Å². The van der Waals surface area contributed by atoms with E-state index in [1.807, 2.05) is 0 Å². The molecule has 1 atom stereocenters. The van der Waals surface area contributed by atoms with Gasteiger partial charge in [-0.2, -0.15) is 0 Å². The standard InChI is InChI=1S/C5H2ClFN4/c6-3-5(7)4(9-1-8-3)10-2-11-5/h1-2H. The van der Waals surface area contributed by atoms with Crippen molar-refractivity contribution in [3.05, 3.63) is 0 Å². The van der Waals surface area contributed by atoms with Gasteiger partial charge in [0, 0.05) is 0 Å². The molecule has 0 aromatic rings. The Hall–Kier alpha value is -1.10. The third-order valence-corrected chi connectivity index (χ3v) is 1.68. The number of hydrogen-bond acceptors (Lipinski definition) is 4. The fourth-order valence-electron chi connectivity index (χ4n) is 0.791. The predicted octanol–water partition coefficient (Wildman–Crippen LogP) is 0.772. The van der Waals surface area contributed by atoms with Gasteiger partial charge in [-0.25, -0.2) is 24.4 Å². The Bertz CT molecular complexity index is 318. The molecule has 2 rings (SSSR count). The third-order valence-electron chi connectivity index (χ3n) is 1.34. The Balaban J connectivity index is 2.56. The summed E-state index contributed by atoms with van der Waals surface area (Å²) in [5.41, 5.74) is 0. The van der Waals surface area contributed by atoms with Crippen molar-refractivity contribution >= 4 is 35.3 Å². The van der Waals surface area contributed by atoms with Crippen molar-refractivity contribution in [3.63, 3.8) is 0 Å². The molecule has 0 fully saturated rings. The lowest BCUT2D eigenvalue weighted by Gasteiger charge is -2.15. The summed E-state index contributed by atoms with van der Waals surface area (Å²) in [6.07, 6.45) is 2.23. The highest BCUT2D eigenvalue weighted by Crippen LogP contribution is 2.26. The molecular weight excluding hydrogens is 171 g/mol. The van der Waals surface area contributed by atoms with Gasteiger partial charge in [-0.1, -0.05) is 11.6 Å². The summed E-state index contributed by atoms with van der Waals surface area (Å²) in [6.45, 7) is 0. The van der Waals surface area contributed by atoms with Gasteiger partial charge >= 0.3 is 5.79 Å². The van der Waals surface area contributed by atoms with Crippen LogP contribution in [-0.2, 0) is 0 Å². The largest absolute Gasteiger partial charge is 0.314 e. The van der Waals surface area contributed by atoms with Crippen molar-refractivity contribution in [3.8, 4) is 0 Å². The van der Waals surface area contributed by atoms with Crippen LogP contribution >= 0.6 is 11.6 Å². The first-order valence-electron chi connectivity index (χ1n) is 2.81. The lowest BCUT2D eigenvalue weighted by atomic mass is 10.2. The first-order chi connectivity index (χ1) is 5.23. The molecule has 0 aliphatic carbocycles. The SMILES string of the molecule is FC12N=CN=C1N=CN=C2Cl. The van der Waals surface area contributed by atoms with Gasteiger partial charge in [0.2, 0.25) is 0 Å². The van der Waals surface area contributed by atoms with Crippen molar-refractivity contribution in [2.24, 2.45) is 20.0 Å². The Morgan fingerprint density at radius 1 is 1.36 bits per heavy atom. The van der Waals surface area contributed by atoms with Crippen LogP contribution in [-0.4, -0.2) is 29.5 Å². The van der Waals surface area contributed by atoms with Crippen LogP contribution in [0, 0.1) is 0 Å². The summed E-state index contributed by atoms with van der Waals surface area (Å²) in [7, 11) is 0. The van der Waals surface area contributed by atoms with Crippen molar-refractivity contribution < 1.29 is 4.39 Å². The third kappa shape index (κ3) is 0.742. The van der Waals surface area contributed by atoms with Crippen LogP contribution in [0.4, 0.5) is 4.39 Å². The van der Waals surface area contributed by atoms with Crippen molar-refractivity contribution in [1.82, 2.24) is 0 Å². The van der Waals surface area contributed by atoms with Gasteiger partial charge in [-0.3, -0.25) is 0 Å². The zero-order valence-electron chi connectivity index (χ0n) is 5.20. The Morgan fingerprint density at radius 3 is 2.91 bits per heavy atom. The summed E-state index contributed by atoms with van der Waals surface area (Å²) in [4.78, 5) is 14.0. The van der Waals surface area contributed by atoms with Gasteiger partial charge in [0.25, 0.3) is 0 Å². The molecule has 2 aliphatic rings. The molecule has 0 aromatic carbocycles. The maximum absolute atomic E-state index is 13.4. The van der Waals surface area contributed by atoms with E-state index < -0.39 is 5.79 Å². The highest BCUT2D eigenvalue weighted by atomic mass is 35.5. The van der Waals surface area contributed by atoms with Crippen molar-refractivity contribution in [1.29, 1.82) is 0 Å². The summed E-state index contributed by atoms with van der Waals surface area (Å²) in [5, 5.41) is -0.250. The monoisotopic (exact) mass is 172 g/mol. The molecule has 0 N–H and O–H groups in total. The Labute approximate surface area is 66.2 Å². The van der Waals surface area contributed by atoms with E-state index in [0.29, 0.717) is 0 Å². The maximum Gasteiger partial charge on any atom is 0.314 e. The van der Waals surface area contributed by atoms with E-state index in [1.54, 1.807) is 0 Å². The average molecular weight is 173 g/mol. The molecular formula is C5H2ClFN4. The smallest absolute Gasteiger partial charge is 0.223 e. The molecule has 2 aliphatic heterocycles. The highest BCUT2D eigenvalue weighted by molar-refractivity contribution is 6.70. The summed E-state index contributed by atoms with van der Waals surface area (Å²) >= 11 is 5.45. The molecule has 0 aromatic heterocycles. The first kappa shape index (κ1) is 6.60. The molecule has 0 saturated heterocycles. The second-order valence-corrected chi connectivity index (χ2v) is 2.34. The van der Waals surface area contributed by atoms with E-state index in [0.717, 1.165) is 12.7 Å². The van der Waals surface area contributed by atoms with E-state index in [2.05, 4.69) is 20.0 Å². The molecule has 6 heteroatoms. The number of nitrogens with zero attached hydrogens (tertiary/aromatic N) is 4. The van der Waals surface area contributed by atoms with Crippen LogP contribution in [0.5, 0.6) is 0 Å². The number of halogens is 2. The topological polar surface area (TPSA) is 49.4 Å².